The fourth-order valence-electron chi connectivity index (χ4n) is 0.833. The van der Waals surface area contributed by atoms with Crippen LogP contribution < -0.4 is 0 Å². The van der Waals surface area contributed by atoms with Gasteiger partial charge in [-0.1, -0.05) is 0 Å². The van der Waals surface area contributed by atoms with Crippen LogP contribution >= 0.6 is 0 Å². The number of rotatable bonds is 4. The Morgan fingerprint density at radius 1 is 1.46 bits per heavy atom. The predicted octanol–water partition coefficient (Wildman–Crippen LogP) is 0.553. The van der Waals surface area contributed by atoms with Crippen molar-refractivity contribution < 1.29 is 13.7 Å². The molecule has 78 valence electrons. The third-order valence-electron chi connectivity index (χ3n) is 1.54. The van der Waals surface area contributed by atoms with Gasteiger partial charge in [-0.3, -0.25) is 4.79 Å². The summed E-state index contributed by atoms with van der Waals surface area (Å²) in [6.07, 6.45) is 0. The maximum Gasteiger partial charge on any atom is 0.325 e. The highest BCUT2D eigenvalue weighted by Gasteiger charge is 2.37. The van der Waals surface area contributed by atoms with Gasteiger partial charge in [0.25, 0.3) is 0 Å². The molecule has 13 heavy (non-hydrogen) atoms. The van der Waals surface area contributed by atoms with E-state index in [1.807, 2.05) is 0 Å². The standard InChI is InChI=1S/C8H17NO3S/c1-6-12-7(10)8(2,3)13(11)9(4)5/h6H2,1-5H3. The molecule has 0 aliphatic rings. The number of ether oxygens (including phenoxy) is 1. The number of carbonyl (C=O) groups is 1. The van der Waals surface area contributed by atoms with Gasteiger partial charge < -0.3 is 4.74 Å². The molecular weight excluding hydrogens is 190 g/mol. The van der Waals surface area contributed by atoms with Gasteiger partial charge in [-0.25, -0.2) is 8.51 Å². The molecule has 1 unspecified atom stereocenters. The number of nitrogens with zero attached hydrogens (tertiary/aromatic N) is 1. The van der Waals surface area contributed by atoms with Crippen LogP contribution in [0.15, 0.2) is 0 Å². The molecular formula is C8H17NO3S. The van der Waals surface area contributed by atoms with Gasteiger partial charge in [-0.15, -0.1) is 0 Å². The summed E-state index contributed by atoms with van der Waals surface area (Å²) in [7, 11) is 1.97. The molecule has 0 fully saturated rings. The molecule has 0 amide bonds. The van der Waals surface area contributed by atoms with E-state index < -0.39 is 21.7 Å². The lowest BCUT2D eigenvalue weighted by molar-refractivity contribution is -0.145. The lowest BCUT2D eigenvalue weighted by Crippen LogP contribution is -2.43. The van der Waals surface area contributed by atoms with Crippen LogP contribution in [-0.4, -0.2) is 39.9 Å². The van der Waals surface area contributed by atoms with Gasteiger partial charge in [0.05, 0.1) is 6.61 Å². The Kier molecular flexibility index (Phi) is 4.56. The number of hydrogen-bond acceptors (Lipinski definition) is 3. The summed E-state index contributed by atoms with van der Waals surface area (Å²) in [5, 5.41) is 0. The molecule has 0 bridgehead atoms. The molecule has 0 rings (SSSR count). The first-order chi connectivity index (χ1) is 5.84. The van der Waals surface area contributed by atoms with E-state index in [1.54, 1.807) is 34.9 Å². The topological polar surface area (TPSA) is 46.6 Å². The summed E-state index contributed by atoms with van der Waals surface area (Å²) < 4.78 is 17.0. The van der Waals surface area contributed by atoms with E-state index in [9.17, 15) is 9.00 Å². The van der Waals surface area contributed by atoms with Gasteiger partial charge in [0.2, 0.25) is 0 Å². The number of hydrogen-bond donors (Lipinski definition) is 0. The minimum absolute atomic E-state index is 0.312. The second-order valence-corrected chi connectivity index (χ2v) is 5.54. The lowest BCUT2D eigenvalue weighted by atomic mass is 10.2. The molecule has 0 saturated carbocycles. The first kappa shape index (κ1) is 12.6. The van der Waals surface area contributed by atoms with E-state index in [4.69, 9.17) is 4.74 Å². The Bertz CT molecular complexity index is 213. The molecule has 1 atom stereocenters. The van der Waals surface area contributed by atoms with Crippen LogP contribution in [0.1, 0.15) is 20.8 Å². The smallest absolute Gasteiger partial charge is 0.325 e. The van der Waals surface area contributed by atoms with Gasteiger partial charge in [-0.05, 0) is 34.9 Å². The third kappa shape index (κ3) is 3.08. The number of esters is 1. The van der Waals surface area contributed by atoms with E-state index in [1.165, 1.54) is 4.31 Å². The average Bonchev–Trinajstić information content (AvgIpc) is 2.03. The minimum atomic E-state index is -1.35. The van der Waals surface area contributed by atoms with Crippen molar-refractivity contribution in [1.29, 1.82) is 0 Å². The Morgan fingerprint density at radius 2 is 1.92 bits per heavy atom. The van der Waals surface area contributed by atoms with Crippen molar-refractivity contribution in [1.82, 2.24) is 4.31 Å². The highest BCUT2D eigenvalue weighted by atomic mass is 32.2. The minimum Gasteiger partial charge on any atom is -0.465 e. The average molecular weight is 207 g/mol. The highest BCUT2D eigenvalue weighted by molar-refractivity contribution is 7.84. The summed E-state index contributed by atoms with van der Waals surface area (Å²) in [5.74, 6) is -0.429. The number of carbonyl (C=O) groups excluding carboxylic acids is 1. The van der Waals surface area contributed by atoms with Crippen LogP contribution in [0.3, 0.4) is 0 Å². The highest BCUT2D eigenvalue weighted by Crippen LogP contribution is 2.16. The van der Waals surface area contributed by atoms with Crippen LogP contribution in [0.2, 0.25) is 0 Å². The zero-order valence-electron chi connectivity index (χ0n) is 8.79. The third-order valence-corrected chi connectivity index (χ3v) is 3.24. The molecule has 0 N–H and O–H groups in total. The van der Waals surface area contributed by atoms with Gasteiger partial charge in [0.1, 0.15) is 11.0 Å². The van der Waals surface area contributed by atoms with Gasteiger partial charge in [0.15, 0.2) is 4.75 Å². The summed E-state index contributed by atoms with van der Waals surface area (Å²) in [6.45, 7) is 5.27. The van der Waals surface area contributed by atoms with Crippen molar-refractivity contribution in [2.24, 2.45) is 0 Å². The summed E-state index contributed by atoms with van der Waals surface area (Å²) in [5.41, 5.74) is 0. The van der Waals surface area contributed by atoms with Crippen molar-refractivity contribution in [3.63, 3.8) is 0 Å². The van der Waals surface area contributed by atoms with Crippen molar-refractivity contribution in [3.8, 4) is 0 Å². The van der Waals surface area contributed by atoms with Crippen molar-refractivity contribution in [2.45, 2.75) is 25.5 Å². The normalized spacial score (nSPS) is 14.3. The van der Waals surface area contributed by atoms with E-state index in [0.717, 1.165) is 0 Å². The second-order valence-electron chi connectivity index (χ2n) is 3.29. The maximum absolute atomic E-state index is 11.6. The molecule has 0 aromatic heterocycles. The molecule has 0 aliphatic heterocycles. The fourth-order valence-corrected chi connectivity index (χ4v) is 1.95. The molecule has 0 aromatic carbocycles. The molecule has 0 saturated heterocycles. The Morgan fingerprint density at radius 3 is 2.23 bits per heavy atom. The second kappa shape index (κ2) is 4.72. The fraction of sp³-hybridized carbons (Fsp3) is 0.875. The van der Waals surface area contributed by atoms with E-state index >= 15 is 0 Å². The van der Waals surface area contributed by atoms with E-state index in [0.29, 0.717) is 6.61 Å². The van der Waals surface area contributed by atoms with Crippen LogP contribution in [0.5, 0.6) is 0 Å². The van der Waals surface area contributed by atoms with Crippen LogP contribution in [0, 0.1) is 0 Å². The van der Waals surface area contributed by atoms with Crippen molar-refractivity contribution in [3.05, 3.63) is 0 Å². The molecule has 0 spiro atoms. The Labute approximate surface area is 81.8 Å². The van der Waals surface area contributed by atoms with Crippen LogP contribution in [0.4, 0.5) is 0 Å². The Hall–Kier alpha value is -0.420. The summed E-state index contributed by atoms with van der Waals surface area (Å²) in [6, 6.07) is 0. The first-order valence-corrected chi connectivity index (χ1v) is 5.21. The lowest BCUT2D eigenvalue weighted by Gasteiger charge is -2.24. The van der Waals surface area contributed by atoms with Crippen molar-refractivity contribution in [2.75, 3.05) is 20.7 Å². The predicted molar refractivity (Wildman–Crippen MR) is 52.5 cm³/mol. The summed E-state index contributed by atoms with van der Waals surface area (Å²) >= 11 is 0. The van der Waals surface area contributed by atoms with Crippen molar-refractivity contribution >= 4 is 17.0 Å². The van der Waals surface area contributed by atoms with E-state index in [2.05, 4.69) is 0 Å². The quantitative estimate of drug-likeness (QED) is 0.633. The SMILES string of the molecule is CCOC(=O)C(C)(C)S(=O)N(C)C. The zero-order chi connectivity index (χ0) is 10.6. The molecule has 5 heteroatoms. The van der Waals surface area contributed by atoms with E-state index in [-0.39, 0.29) is 0 Å². The van der Waals surface area contributed by atoms with Crippen LogP contribution in [0.25, 0.3) is 0 Å². The van der Waals surface area contributed by atoms with Crippen LogP contribution in [-0.2, 0) is 20.5 Å². The molecule has 4 nitrogen and oxygen atoms in total. The molecule has 0 heterocycles. The largest absolute Gasteiger partial charge is 0.465 e. The van der Waals surface area contributed by atoms with Gasteiger partial charge >= 0.3 is 5.97 Å². The Balaban J connectivity index is 4.55. The maximum atomic E-state index is 11.6. The monoisotopic (exact) mass is 207 g/mol. The molecule has 0 aromatic rings. The molecule has 0 aliphatic carbocycles. The zero-order valence-corrected chi connectivity index (χ0v) is 9.60. The van der Waals surface area contributed by atoms with Gasteiger partial charge in [0, 0.05) is 0 Å². The molecule has 0 radical (unpaired) electrons. The summed E-state index contributed by atoms with van der Waals surface area (Å²) in [4.78, 5) is 11.4. The van der Waals surface area contributed by atoms with Gasteiger partial charge in [-0.2, -0.15) is 0 Å². The first-order valence-electron chi connectivity index (χ1n) is 4.10.